The lowest BCUT2D eigenvalue weighted by atomic mass is 9.92. The quantitative estimate of drug-likeness (QED) is 0.560. The molecule has 64 valence electrons. The van der Waals surface area contributed by atoms with Gasteiger partial charge in [-0.3, -0.25) is 0 Å². The van der Waals surface area contributed by atoms with E-state index in [1.165, 1.54) is 0 Å². The fourth-order valence-electron chi connectivity index (χ4n) is 1.43. The predicted octanol–water partition coefficient (Wildman–Crippen LogP) is 1.36. The smallest absolute Gasteiger partial charge is 0.147 e. The highest BCUT2D eigenvalue weighted by molar-refractivity contribution is 5.85. The highest BCUT2D eigenvalue weighted by atomic mass is 35.5. The number of oxime groups is 1. The van der Waals surface area contributed by atoms with Crippen molar-refractivity contribution in [2.75, 3.05) is 13.2 Å². The highest BCUT2D eigenvalue weighted by Gasteiger charge is 2.36. The van der Waals surface area contributed by atoms with Gasteiger partial charge in [0.05, 0.1) is 13.2 Å². The molecule has 0 N–H and O–H groups in total. The van der Waals surface area contributed by atoms with Gasteiger partial charge in [-0.2, -0.15) is 0 Å². The fourth-order valence-corrected chi connectivity index (χ4v) is 1.43. The molecule has 0 aromatic carbocycles. The van der Waals surface area contributed by atoms with Crippen molar-refractivity contribution in [1.82, 2.24) is 0 Å². The molecule has 0 aliphatic carbocycles. The molecule has 0 atom stereocenters. The number of halogens is 1. The Morgan fingerprint density at radius 2 is 2.00 bits per heavy atom. The van der Waals surface area contributed by atoms with E-state index in [9.17, 15) is 0 Å². The molecule has 2 rings (SSSR count). The average molecular weight is 178 g/mol. The summed E-state index contributed by atoms with van der Waals surface area (Å²) in [6.45, 7) is 1.65. The summed E-state index contributed by atoms with van der Waals surface area (Å²) in [5, 5.41) is 3.78. The summed E-state index contributed by atoms with van der Waals surface area (Å²) in [6, 6.07) is 0. The molecule has 1 fully saturated rings. The van der Waals surface area contributed by atoms with E-state index in [0.717, 1.165) is 32.5 Å². The normalized spacial score (nSPS) is 26.2. The van der Waals surface area contributed by atoms with Crippen LogP contribution >= 0.6 is 12.4 Å². The van der Waals surface area contributed by atoms with Crippen molar-refractivity contribution in [3.05, 3.63) is 0 Å². The topological polar surface area (TPSA) is 30.8 Å². The molecule has 0 saturated carbocycles. The Morgan fingerprint density at radius 3 is 2.55 bits per heavy atom. The highest BCUT2D eigenvalue weighted by Crippen LogP contribution is 2.31. The van der Waals surface area contributed by atoms with E-state index < -0.39 is 0 Å². The van der Waals surface area contributed by atoms with Gasteiger partial charge in [-0.15, -0.1) is 12.4 Å². The minimum Gasteiger partial charge on any atom is -0.389 e. The summed E-state index contributed by atoms with van der Waals surface area (Å²) >= 11 is 0. The zero-order chi connectivity index (χ0) is 6.86. The Labute approximate surface area is 72.1 Å². The van der Waals surface area contributed by atoms with Gasteiger partial charge in [-0.05, 0) is 0 Å². The SMILES string of the molecule is C1=NOC2(C1)CCOCC2.Cl. The van der Waals surface area contributed by atoms with E-state index >= 15 is 0 Å². The molecule has 11 heavy (non-hydrogen) atoms. The van der Waals surface area contributed by atoms with Crippen LogP contribution in [0.1, 0.15) is 19.3 Å². The average Bonchev–Trinajstić information content (AvgIpc) is 2.39. The third-order valence-electron chi connectivity index (χ3n) is 2.19. The van der Waals surface area contributed by atoms with Crippen LogP contribution in [0.15, 0.2) is 5.16 Å². The van der Waals surface area contributed by atoms with Crippen LogP contribution in [-0.4, -0.2) is 25.0 Å². The van der Waals surface area contributed by atoms with Gasteiger partial charge in [0.15, 0.2) is 0 Å². The zero-order valence-corrected chi connectivity index (χ0v) is 7.10. The summed E-state index contributed by atoms with van der Waals surface area (Å²) in [6.07, 6.45) is 4.81. The van der Waals surface area contributed by atoms with Crippen molar-refractivity contribution in [2.45, 2.75) is 24.9 Å². The molecule has 2 aliphatic heterocycles. The molecule has 3 nitrogen and oxygen atoms in total. The van der Waals surface area contributed by atoms with Gasteiger partial charge in [0.2, 0.25) is 0 Å². The molecule has 1 spiro atoms. The molecule has 0 amide bonds. The second-order valence-electron chi connectivity index (χ2n) is 2.88. The van der Waals surface area contributed by atoms with Crippen molar-refractivity contribution >= 4 is 18.6 Å². The van der Waals surface area contributed by atoms with Crippen LogP contribution < -0.4 is 0 Å². The van der Waals surface area contributed by atoms with Crippen molar-refractivity contribution in [3.63, 3.8) is 0 Å². The van der Waals surface area contributed by atoms with Gasteiger partial charge in [0, 0.05) is 25.5 Å². The predicted molar refractivity (Wildman–Crippen MR) is 44.2 cm³/mol. The van der Waals surface area contributed by atoms with E-state index in [1.807, 2.05) is 6.21 Å². The van der Waals surface area contributed by atoms with E-state index in [-0.39, 0.29) is 18.0 Å². The Hall–Kier alpha value is -0.280. The monoisotopic (exact) mass is 177 g/mol. The zero-order valence-electron chi connectivity index (χ0n) is 6.28. The molecule has 0 aromatic rings. The van der Waals surface area contributed by atoms with Crippen LogP contribution in [0.2, 0.25) is 0 Å². The summed E-state index contributed by atoms with van der Waals surface area (Å²) in [5.41, 5.74) is 0.0260. The van der Waals surface area contributed by atoms with Crippen molar-refractivity contribution in [3.8, 4) is 0 Å². The van der Waals surface area contributed by atoms with Crippen molar-refractivity contribution < 1.29 is 9.57 Å². The van der Waals surface area contributed by atoms with Crippen molar-refractivity contribution in [2.24, 2.45) is 5.16 Å². The third kappa shape index (κ3) is 1.65. The molecule has 0 aromatic heterocycles. The molecule has 1 saturated heterocycles. The number of hydrogen-bond acceptors (Lipinski definition) is 3. The first-order valence-corrected chi connectivity index (χ1v) is 3.69. The van der Waals surface area contributed by atoms with Crippen LogP contribution in [0.4, 0.5) is 0 Å². The van der Waals surface area contributed by atoms with E-state index in [2.05, 4.69) is 5.16 Å². The van der Waals surface area contributed by atoms with Gasteiger partial charge in [0.1, 0.15) is 5.60 Å². The number of ether oxygens (including phenoxy) is 1. The summed E-state index contributed by atoms with van der Waals surface area (Å²) < 4.78 is 5.22. The first-order chi connectivity index (χ1) is 4.91. The Balaban J connectivity index is 0.000000605. The Bertz CT molecular complexity index is 145. The Morgan fingerprint density at radius 1 is 1.27 bits per heavy atom. The van der Waals surface area contributed by atoms with E-state index in [0.29, 0.717) is 0 Å². The maximum atomic E-state index is 5.27. The van der Waals surface area contributed by atoms with Gasteiger partial charge in [-0.1, -0.05) is 5.16 Å². The Kier molecular flexibility index (Phi) is 2.73. The maximum absolute atomic E-state index is 5.27. The fraction of sp³-hybridized carbons (Fsp3) is 0.857. The van der Waals surface area contributed by atoms with Crippen LogP contribution in [0.3, 0.4) is 0 Å². The largest absolute Gasteiger partial charge is 0.389 e. The van der Waals surface area contributed by atoms with Gasteiger partial charge in [0.25, 0.3) is 0 Å². The summed E-state index contributed by atoms with van der Waals surface area (Å²) in [7, 11) is 0. The number of nitrogens with zero attached hydrogens (tertiary/aromatic N) is 1. The lowest BCUT2D eigenvalue weighted by Gasteiger charge is -2.29. The molecule has 0 radical (unpaired) electrons. The second kappa shape index (κ2) is 3.41. The molecule has 2 aliphatic rings. The molecule has 0 unspecified atom stereocenters. The van der Waals surface area contributed by atoms with Crippen LogP contribution in [-0.2, 0) is 9.57 Å². The van der Waals surface area contributed by atoms with E-state index in [4.69, 9.17) is 9.57 Å². The number of hydrogen-bond donors (Lipinski definition) is 0. The lowest BCUT2D eigenvalue weighted by molar-refractivity contribution is -0.0919. The van der Waals surface area contributed by atoms with Gasteiger partial charge < -0.3 is 9.57 Å². The first-order valence-electron chi connectivity index (χ1n) is 3.69. The van der Waals surface area contributed by atoms with E-state index in [1.54, 1.807) is 0 Å². The molecule has 2 heterocycles. The second-order valence-corrected chi connectivity index (χ2v) is 2.88. The third-order valence-corrected chi connectivity index (χ3v) is 2.19. The number of rotatable bonds is 0. The maximum Gasteiger partial charge on any atom is 0.147 e. The summed E-state index contributed by atoms with van der Waals surface area (Å²) in [5.74, 6) is 0. The molecule has 0 bridgehead atoms. The van der Waals surface area contributed by atoms with Gasteiger partial charge in [-0.25, -0.2) is 0 Å². The lowest BCUT2D eigenvalue weighted by Crippen LogP contribution is -2.35. The minimum atomic E-state index is 0. The molecule has 4 heteroatoms. The standard InChI is InChI=1S/C7H11NO2.ClH/c1-4-8-10-7(1)2-5-9-6-3-7;/h4H,1-3,5-6H2;1H. The minimum absolute atomic E-state index is 0. The van der Waals surface area contributed by atoms with Gasteiger partial charge >= 0.3 is 0 Å². The summed E-state index contributed by atoms with van der Waals surface area (Å²) in [4.78, 5) is 5.27. The van der Waals surface area contributed by atoms with Crippen LogP contribution in [0.25, 0.3) is 0 Å². The van der Waals surface area contributed by atoms with Crippen molar-refractivity contribution in [1.29, 1.82) is 0 Å². The molecular weight excluding hydrogens is 166 g/mol. The van der Waals surface area contributed by atoms with Crippen LogP contribution in [0, 0.1) is 0 Å². The first kappa shape index (κ1) is 8.81. The van der Waals surface area contributed by atoms with Crippen LogP contribution in [0.5, 0.6) is 0 Å². The molecular formula is C7H12ClNO2.